The van der Waals surface area contributed by atoms with Crippen LogP contribution in [0.2, 0.25) is 0 Å². The predicted molar refractivity (Wildman–Crippen MR) is 202 cm³/mol. The normalized spacial score (nSPS) is 20.7. The van der Waals surface area contributed by atoms with E-state index in [0.29, 0.717) is 17.5 Å². The van der Waals surface area contributed by atoms with Gasteiger partial charge >= 0.3 is 0 Å². The van der Waals surface area contributed by atoms with E-state index in [2.05, 4.69) is 122 Å². The molecule has 0 saturated carbocycles. The monoisotopic (exact) mass is 639 g/mol. The lowest BCUT2D eigenvalue weighted by Crippen LogP contribution is -2.38. The van der Waals surface area contributed by atoms with E-state index >= 15 is 0 Å². The van der Waals surface area contributed by atoms with Crippen LogP contribution in [0.15, 0.2) is 176 Å². The number of allylic oxidation sites excluding steroid dienone is 4. The number of aromatic nitrogens is 3. The van der Waals surface area contributed by atoms with Crippen molar-refractivity contribution in [3.05, 3.63) is 198 Å². The molecule has 0 amide bonds. The summed E-state index contributed by atoms with van der Waals surface area (Å²) in [7, 11) is 0. The molecule has 236 valence electrons. The van der Waals surface area contributed by atoms with Crippen LogP contribution in [0.3, 0.4) is 0 Å². The van der Waals surface area contributed by atoms with Crippen LogP contribution in [0.5, 0.6) is 0 Å². The average molecular weight is 640 g/mol. The second-order valence-corrected chi connectivity index (χ2v) is 13.8. The zero-order chi connectivity index (χ0) is 33.3. The molecule has 6 aromatic carbocycles. The highest BCUT2D eigenvalue weighted by molar-refractivity contribution is 5.88. The molecule has 0 radical (unpaired) electrons. The Kier molecular flexibility index (Phi) is 6.28. The number of hydrogen-bond acceptors (Lipinski definition) is 3. The Labute approximate surface area is 292 Å². The summed E-state index contributed by atoms with van der Waals surface area (Å²) in [6.07, 6.45) is 9.34. The summed E-state index contributed by atoms with van der Waals surface area (Å²) >= 11 is 0. The molecule has 3 nitrogen and oxygen atoms in total. The highest BCUT2D eigenvalue weighted by atomic mass is 15.0. The van der Waals surface area contributed by atoms with Crippen LogP contribution < -0.4 is 0 Å². The lowest BCUT2D eigenvalue weighted by molar-refractivity contribution is 0.372. The van der Waals surface area contributed by atoms with E-state index in [4.69, 9.17) is 15.0 Å². The first kappa shape index (κ1) is 28.8. The summed E-state index contributed by atoms with van der Waals surface area (Å²) in [6.45, 7) is 2.42. The van der Waals surface area contributed by atoms with E-state index in [1.807, 2.05) is 60.7 Å². The van der Waals surface area contributed by atoms with Crippen molar-refractivity contribution in [2.24, 2.45) is 5.92 Å². The van der Waals surface area contributed by atoms with Crippen LogP contribution >= 0.6 is 0 Å². The first-order valence-electron chi connectivity index (χ1n) is 17.3. The maximum atomic E-state index is 5.02. The quantitative estimate of drug-likeness (QED) is 0.192. The van der Waals surface area contributed by atoms with E-state index in [1.54, 1.807) is 0 Å². The summed E-state index contributed by atoms with van der Waals surface area (Å²) < 4.78 is 0. The van der Waals surface area contributed by atoms with Gasteiger partial charge in [-0.2, -0.15) is 0 Å². The molecule has 10 rings (SSSR count). The maximum absolute atomic E-state index is 5.02. The zero-order valence-electron chi connectivity index (χ0n) is 27.7. The molecule has 3 aliphatic carbocycles. The van der Waals surface area contributed by atoms with Crippen LogP contribution in [0.1, 0.15) is 29.2 Å². The third-order valence-corrected chi connectivity index (χ3v) is 11.1. The smallest absolute Gasteiger partial charge is 0.164 e. The topological polar surface area (TPSA) is 38.7 Å². The standard InChI is InChI=1S/C47H33N3/c1-46-28-13-12-25-42(46)47(40-24-11-10-23-39(40)46)38-22-9-8-21-36(38)37-27-26-34(30-41(37)47)33-19-14-20-35(29-33)45-49-43(31-15-4-2-5-16-31)48-44(50-45)32-17-6-3-7-18-32/h2-30,42H,1H3. The van der Waals surface area contributed by atoms with Crippen LogP contribution in [0, 0.1) is 5.92 Å². The molecule has 3 unspecified atom stereocenters. The van der Waals surface area contributed by atoms with Gasteiger partial charge in [0.25, 0.3) is 0 Å². The SMILES string of the molecule is CC12C=CC=CC1C1(c3ccccc3-c3ccc(-c4cccc(-c5nc(-c6ccccc6)nc(-c6ccccc6)n5)c4)cc31)c1ccccc12. The number of fused-ring (bicyclic) bond motifs is 10. The Bertz CT molecular complexity index is 2460. The molecule has 1 heterocycles. The highest BCUT2D eigenvalue weighted by Crippen LogP contribution is 2.67. The van der Waals surface area contributed by atoms with Gasteiger partial charge in [0.05, 0.1) is 5.41 Å². The van der Waals surface area contributed by atoms with Gasteiger partial charge in [0, 0.05) is 28.0 Å². The predicted octanol–water partition coefficient (Wildman–Crippen LogP) is 10.9. The molecule has 0 saturated heterocycles. The Morgan fingerprint density at radius 3 is 1.68 bits per heavy atom. The minimum atomic E-state index is -0.296. The molecule has 1 spiro atoms. The van der Waals surface area contributed by atoms with E-state index < -0.39 is 0 Å². The minimum absolute atomic E-state index is 0.110. The van der Waals surface area contributed by atoms with Crippen LogP contribution in [-0.4, -0.2) is 15.0 Å². The third kappa shape index (κ3) is 4.07. The zero-order valence-corrected chi connectivity index (χ0v) is 27.7. The molecule has 7 aromatic rings. The molecule has 3 heteroatoms. The lowest BCUT2D eigenvalue weighted by Gasteiger charge is -2.40. The van der Waals surface area contributed by atoms with Crippen molar-refractivity contribution in [3.8, 4) is 56.4 Å². The number of nitrogens with zero attached hydrogens (tertiary/aromatic N) is 3. The van der Waals surface area contributed by atoms with Crippen LogP contribution in [0.25, 0.3) is 56.4 Å². The fraction of sp³-hybridized carbons (Fsp3) is 0.0851. The first-order chi connectivity index (χ1) is 24.6. The molecule has 1 aromatic heterocycles. The Balaban J connectivity index is 1.15. The molecule has 0 bridgehead atoms. The van der Waals surface area contributed by atoms with E-state index in [0.717, 1.165) is 22.3 Å². The molecule has 3 atom stereocenters. The fourth-order valence-corrected chi connectivity index (χ4v) is 8.94. The Morgan fingerprint density at radius 1 is 0.420 bits per heavy atom. The molecular formula is C47H33N3. The fourth-order valence-electron chi connectivity index (χ4n) is 8.94. The molecular weight excluding hydrogens is 607 g/mol. The van der Waals surface area contributed by atoms with Crippen LogP contribution in [0.4, 0.5) is 0 Å². The van der Waals surface area contributed by atoms with Crippen molar-refractivity contribution in [2.75, 3.05) is 0 Å². The van der Waals surface area contributed by atoms with Gasteiger partial charge in [-0.25, -0.2) is 15.0 Å². The van der Waals surface area contributed by atoms with Gasteiger partial charge in [-0.1, -0.05) is 171 Å². The number of benzene rings is 6. The van der Waals surface area contributed by atoms with Crippen molar-refractivity contribution in [1.82, 2.24) is 15.0 Å². The average Bonchev–Trinajstić information content (AvgIpc) is 3.62. The summed E-state index contributed by atoms with van der Waals surface area (Å²) in [5, 5.41) is 0. The van der Waals surface area contributed by atoms with Gasteiger partial charge in [-0.3, -0.25) is 0 Å². The van der Waals surface area contributed by atoms with Gasteiger partial charge in [0.1, 0.15) is 0 Å². The Morgan fingerprint density at radius 2 is 0.960 bits per heavy atom. The van der Waals surface area contributed by atoms with Crippen molar-refractivity contribution in [2.45, 2.75) is 17.8 Å². The second-order valence-electron chi connectivity index (χ2n) is 13.8. The lowest BCUT2D eigenvalue weighted by atomic mass is 9.61. The molecule has 0 N–H and O–H groups in total. The second kappa shape index (κ2) is 10.9. The van der Waals surface area contributed by atoms with Gasteiger partial charge < -0.3 is 0 Å². The molecule has 0 aliphatic heterocycles. The van der Waals surface area contributed by atoms with E-state index in [9.17, 15) is 0 Å². The first-order valence-corrected chi connectivity index (χ1v) is 17.3. The van der Waals surface area contributed by atoms with E-state index in [-0.39, 0.29) is 16.7 Å². The number of rotatable bonds is 4. The molecule has 0 fully saturated rings. The molecule has 3 aliphatic rings. The van der Waals surface area contributed by atoms with Crippen LogP contribution in [-0.2, 0) is 10.8 Å². The van der Waals surface area contributed by atoms with Crippen molar-refractivity contribution >= 4 is 0 Å². The summed E-state index contributed by atoms with van der Waals surface area (Å²) in [5.41, 5.74) is 13.0. The third-order valence-electron chi connectivity index (χ3n) is 11.1. The summed E-state index contributed by atoms with van der Waals surface area (Å²) in [4.78, 5) is 14.9. The molecule has 50 heavy (non-hydrogen) atoms. The van der Waals surface area contributed by atoms with Gasteiger partial charge in [0.2, 0.25) is 0 Å². The summed E-state index contributed by atoms with van der Waals surface area (Å²) in [5.74, 6) is 2.23. The van der Waals surface area contributed by atoms with Gasteiger partial charge in [-0.05, 0) is 56.6 Å². The van der Waals surface area contributed by atoms with Gasteiger partial charge in [-0.15, -0.1) is 0 Å². The maximum Gasteiger partial charge on any atom is 0.164 e. The van der Waals surface area contributed by atoms with E-state index in [1.165, 1.54) is 38.9 Å². The highest BCUT2D eigenvalue weighted by Gasteiger charge is 2.61. The summed E-state index contributed by atoms with van der Waals surface area (Å²) in [6, 6.07) is 54.2. The van der Waals surface area contributed by atoms with Crippen molar-refractivity contribution < 1.29 is 0 Å². The van der Waals surface area contributed by atoms with Crippen molar-refractivity contribution in [3.63, 3.8) is 0 Å². The largest absolute Gasteiger partial charge is 0.208 e. The minimum Gasteiger partial charge on any atom is -0.208 e. The number of hydrogen-bond donors (Lipinski definition) is 0. The van der Waals surface area contributed by atoms with Crippen molar-refractivity contribution in [1.29, 1.82) is 0 Å². The Hall–Kier alpha value is -6.19. The van der Waals surface area contributed by atoms with Gasteiger partial charge in [0.15, 0.2) is 17.5 Å².